The van der Waals surface area contributed by atoms with Crippen LogP contribution >= 0.6 is 0 Å². The SMILES string of the molecule is CCC1C(C(=O)Nc2cc3cc(N4CCN(C5(C)COCC5F)CC4)c(C)cc3cn2)C1c1ccccn1. The highest BCUT2D eigenvalue weighted by Crippen LogP contribution is 2.55. The summed E-state index contributed by atoms with van der Waals surface area (Å²) in [6.45, 7) is 10.1. The quantitative estimate of drug-likeness (QED) is 0.517. The number of ether oxygens (including phenoxy) is 1. The fraction of sp³-hybridized carbons (Fsp3) is 0.500. The standard InChI is InChI=1S/C30H36FN5O2/c1-4-22-27(23-7-5-6-8-32-23)28(22)29(37)34-26-15-20-14-24(19(2)13-21(20)16-33-26)35-9-11-36(12-10-35)30(3)18-38-17-25(30)31/h5-8,13-16,22,25,27-28H,4,9-12,17-18H2,1-3H3,(H,33,34,37). The van der Waals surface area contributed by atoms with E-state index < -0.39 is 11.7 Å². The summed E-state index contributed by atoms with van der Waals surface area (Å²) in [5.41, 5.74) is 2.82. The summed E-state index contributed by atoms with van der Waals surface area (Å²) in [5, 5.41) is 5.16. The zero-order valence-electron chi connectivity index (χ0n) is 22.4. The number of piperazine rings is 1. The molecular weight excluding hydrogens is 481 g/mol. The lowest BCUT2D eigenvalue weighted by Crippen LogP contribution is -2.59. The molecule has 5 unspecified atom stereocenters. The molecule has 2 aromatic heterocycles. The highest BCUT2D eigenvalue weighted by molar-refractivity contribution is 5.97. The molecule has 8 heteroatoms. The minimum absolute atomic E-state index is 0.0124. The number of fused-ring (bicyclic) bond motifs is 1. The molecule has 1 aliphatic carbocycles. The van der Waals surface area contributed by atoms with E-state index in [1.54, 1.807) is 6.20 Å². The largest absolute Gasteiger partial charge is 0.376 e. The van der Waals surface area contributed by atoms with Crippen molar-refractivity contribution in [1.82, 2.24) is 14.9 Å². The van der Waals surface area contributed by atoms with Crippen molar-refractivity contribution in [2.45, 2.75) is 44.8 Å². The Balaban J connectivity index is 1.16. The molecule has 3 aromatic rings. The zero-order chi connectivity index (χ0) is 26.4. The Hall–Kier alpha value is -3.10. The average molecular weight is 518 g/mol. The number of rotatable bonds is 6. The third-order valence-corrected chi connectivity index (χ3v) is 8.94. The number of carbonyl (C=O) groups is 1. The zero-order valence-corrected chi connectivity index (χ0v) is 22.4. The molecule has 3 fully saturated rings. The summed E-state index contributed by atoms with van der Waals surface area (Å²) in [6.07, 6.45) is 3.63. The van der Waals surface area contributed by atoms with E-state index in [0.717, 1.165) is 49.1 Å². The van der Waals surface area contributed by atoms with Crippen LogP contribution in [0.3, 0.4) is 0 Å². The van der Waals surface area contributed by atoms with Gasteiger partial charge < -0.3 is 15.0 Å². The van der Waals surface area contributed by atoms with Gasteiger partial charge in [-0.25, -0.2) is 9.37 Å². The van der Waals surface area contributed by atoms with Crippen molar-refractivity contribution in [3.8, 4) is 0 Å². The first kappa shape index (κ1) is 25.2. The number of halogens is 1. The van der Waals surface area contributed by atoms with Crippen molar-refractivity contribution in [2.75, 3.05) is 49.6 Å². The summed E-state index contributed by atoms with van der Waals surface area (Å²) in [5.74, 6) is 0.989. The van der Waals surface area contributed by atoms with E-state index in [-0.39, 0.29) is 24.3 Å². The lowest BCUT2D eigenvalue weighted by Gasteiger charge is -2.45. The second kappa shape index (κ2) is 9.89. The second-order valence-electron chi connectivity index (χ2n) is 11.2. The topological polar surface area (TPSA) is 70.6 Å². The van der Waals surface area contributed by atoms with Crippen molar-refractivity contribution in [3.63, 3.8) is 0 Å². The van der Waals surface area contributed by atoms with Crippen molar-refractivity contribution in [3.05, 3.63) is 60.0 Å². The first-order valence-electron chi connectivity index (χ1n) is 13.7. The van der Waals surface area contributed by atoms with E-state index in [4.69, 9.17) is 4.74 Å². The van der Waals surface area contributed by atoms with Gasteiger partial charge in [-0.3, -0.25) is 14.7 Å². The smallest absolute Gasteiger partial charge is 0.229 e. The number of hydrogen-bond acceptors (Lipinski definition) is 6. The van der Waals surface area contributed by atoms with Gasteiger partial charge in [0.25, 0.3) is 0 Å². The molecule has 0 radical (unpaired) electrons. The van der Waals surface area contributed by atoms with Gasteiger partial charge in [0.05, 0.1) is 24.7 Å². The Labute approximate surface area is 223 Å². The van der Waals surface area contributed by atoms with Crippen LogP contribution in [-0.4, -0.2) is 71.9 Å². The number of hydrogen-bond donors (Lipinski definition) is 1. The van der Waals surface area contributed by atoms with Crippen molar-refractivity contribution >= 4 is 28.2 Å². The van der Waals surface area contributed by atoms with Gasteiger partial charge in [0.1, 0.15) is 12.0 Å². The van der Waals surface area contributed by atoms with Gasteiger partial charge in [-0.1, -0.05) is 19.4 Å². The van der Waals surface area contributed by atoms with Crippen LogP contribution in [0.25, 0.3) is 10.8 Å². The molecule has 2 saturated heterocycles. The Bertz CT molecular complexity index is 1330. The molecule has 7 nitrogen and oxygen atoms in total. The van der Waals surface area contributed by atoms with Crippen LogP contribution in [0.1, 0.15) is 37.4 Å². The second-order valence-corrected chi connectivity index (χ2v) is 11.2. The first-order valence-corrected chi connectivity index (χ1v) is 13.7. The molecule has 0 bridgehead atoms. The van der Waals surface area contributed by atoms with Gasteiger partial charge >= 0.3 is 0 Å². The molecule has 200 valence electrons. The van der Waals surface area contributed by atoms with Gasteiger partial charge in [0.2, 0.25) is 5.91 Å². The Morgan fingerprint density at radius 1 is 1.16 bits per heavy atom. The van der Waals surface area contributed by atoms with Crippen LogP contribution < -0.4 is 10.2 Å². The number of amides is 1. The van der Waals surface area contributed by atoms with E-state index in [0.29, 0.717) is 18.3 Å². The third kappa shape index (κ3) is 4.43. The van der Waals surface area contributed by atoms with Crippen LogP contribution in [0.2, 0.25) is 0 Å². The number of nitrogens with zero attached hydrogens (tertiary/aromatic N) is 4. The molecule has 1 saturated carbocycles. The van der Waals surface area contributed by atoms with Crippen molar-refractivity contribution < 1.29 is 13.9 Å². The Morgan fingerprint density at radius 2 is 1.97 bits per heavy atom. The fourth-order valence-electron chi connectivity index (χ4n) is 6.52. The van der Waals surface area contributed by atoms with Crippen LogP contribution in [0.15, 0.2) is 48.8 Å². The molecule has 1 aromatic carbocycles. The molecule has 0 spiro atoms. The number of anilines is 2. The van der Waals surface area contributed by atoms with Gasteiger partial charge in [-0.15, -0.1) is 0 Å². The number of alkyl halides is 1. The minimum atomic E-state index is -0.944. The average Bonchev–Trinajstić information content (AvgIpc) is 3.58. The van der Waals surface area contributed by atoms with Crippen molar-refractivity contribution in [1.29, 1.82) is 0 Å². The maximum absolute atomic E-state index is 14.5. The molecule has 6 rings (SSSR count). The number of aromatic nitrogens is 2. The van der Waals surface area contributed by atoms with E-state index in [1.807, 2.05) is 37.4 Å². The third-order valence-electron chi connectivity index (χ3n) is 8.94. The first-order chi connectivity index (χ1) is 18.4. The number of pyridine rings is 2. The van der Waals surface area contributed by atoms with Gasteiger partial charge in [0.15, 0.2) is 0 Å². The fourth-order valence-corrected chi connectivity index (χ4v) is 6.52. The lowest BCUT2D eigenvalue weighted by molar-refractivity contribution is -0.117. The highest BCUT2D eigenvalue weighted by atomic mass is 19.1. The Kier molecular flexibility index (Phi) is 6.56. The predicted molar refractivity (Wildman–Crippen MR) is 147 cm³/mol. The summed E-state index contributed by atoms with van der Waals surface area (Å²) in [7, 11) is 0. The highest BCUT2D eigenvalue weighted by Gasteiger charge is 2.55. The van der Waals surface area contributed by atoms with Crippen LogP contribution in [-0.2, 0) is 9.53 Å². The molecule has 38 heavy (non-hydrogen) atoms. The maximum Gasteiger partial charge on any atom is 0.229 e. The molecule has 5 atom stereocenters. The molecule has 1 N–H and O–H groups in total. The number of nitrogens with one attached hydrogen (secondary N) is 1. The van der Waals surface area contributed by atoms with Crippen molar-refractivity contribution in [2.24, 2.45) is 11.8 Å². The van der Waals surface area contributed by atoms with Crippen LogP contribution in [0.4, 0.5) is 15.9 Å². The molecule has 2 aliphatic heterocycles. The monoisotopic (exact) mass is 517 g/mol. The lowest BCUT2D eigenvalue weighted by atomic mass is 9.96. The van der Waals surface area contributed by atoms with E-state index in [2.05, 4.69) is 51.1 Å². The van der Waals surface area contributed by atoms with Crippen LogP contribution in [0.5, 0.6) is 0 Å². The molecular formula is C30H36FN5O2. The minimum Gasteiger partial charge on any atom is -0.376 e. The molecule has 1 amide bonds. The van der Waals surface area contributed by atoms with E-state index in [1.165, 1.54) is 11.3 Å². The van der Waals surface area contributed by atoms with Gasteiger partial charge in [-0.05, 0) is 61.0 Å². The number of aryl methyl sites for hydroxylation is 1. The number of benzene rings is 1. The summed E-state index contributed by atoms with van der Waals surface area (Å²) >= 11 is 0. The van der Waals surface area contributed by atoms with Gasteiger partial charge in [-0.2, -0.15) is 0 Å². The van der Waals surface area contributed by atoms with E-state index in [9.17, 15) is 9.18 Å². The molecule has 3 aliphatic rings. The number of carbonyl (C=O) groups excluding carboxylic acids is 1. The predicted octanol–water partition coefficient (Wildman–Crippen LogP) is 4.57. The van der Waals surface area contributed by atoms with E-state index >= 15 is 0 Å². The maximum atomic E-state index is 14.5. The summed E-state index contributed by atoms with van der Waals surface area (Å²) in [6, 6.07) is 12.2. The Morgan fingerprint density at radius 3 is 2.66 bits per heavy atom. The normalized spacial score (nSPS) is 29.5. The summed E-state index contributed by atoms with van der Waals surface area (Å²) in [4.78, 5) is 26.8. The van der Waals surface area contributed by atoms with Crippen LogP contribution in [0, 0.1) is 18.8 Å². The van der Waals surface area contributed by atoms with Gasteiger partial charge in [0, 0.05) is 61.3 Å². The summed E-state index contributed by atoms with van der Waals surface area (Å²) < 4.78 is 20.0. The molecule has 4 heterocycles.